The average Bonchev–Trinajstić information content (AvgIpc) is 2.39. The third kappa shape index (κ3) is 7.63. The summed E-state index contributed by atoms with van der Waals surface area (Å²) in [5.74, 6) is 0. The lowest BCUT2D eigenvalue weighted by molar-refractivity contribution is 0.112. The molecule has 0 fully saturated rings. The zero-order valence-electron chi connectivity index (χ0n) is 13.5. The second kappa shape index (κ2) is 9.92. The molecule has 0 amide bonds. The molecule has 0 radical (unpaired) electrons. The summed E-state index contributed by atoms with van der Waals surface area (Å²) in [5.41, 5.74) is 2.72. The Morgan fingerprint density at radius 1 is 1.15 bits per heavy atom. The van der Waals surface area contributed by atoms with Gasteiger partial charge in [-0.15, -0.1) is 0 Å². The SMILES string of the molecule is CC(C)NCCc1ccccc1COCCCN(C)C. The van der Waals surface area contributed by atoms with Crippen LogP contribution >= 0.6 is 0 Å². The van der Waals surface area contributed by atoms with Crippen LogP contribution in [0.3, 0.4) is 0 Å². The van der Waals surface area contributed by atoms with Crippen molar-refractivity contribution in [1.82, 2.24) is 10.2 Å². The molecule has 1 aromatic carbocycles. The summed E-state index contributed by atoms with van der Waals surface area (Å²) in [5, 5.41) is 3.46. The van der Waals surface area contributed by atoms with E-state index in [4.69, 9.17) is 4.74 Å². The molecule has 0 aliphatic rings. The minimum absolute atomic E-state index is 0.546. The first kappa shape index (κ1) is 17.2. The van der Waals surface area contributed by atoms with E-state index in [1.165, 1.54) is 11.1 Å². The summed E-state index contributed by atoms with van der Waals surface area (Å²) in [6, 6.07) is 9.14. The maximum atomic E-state index is 5.79. The zero-order valence-corrected chi connectivity index (χ0v) is 13.5. The fourth-order valence-corrected chi connectivity index (χ4v) is 2.10. The molecule has 1 aromatic rings. The highest BCUT2D eigenvalue weighted by molar-refractivity contribution is 5.26. The highest BCUT2D eigenvalue weighted by Crippen LogP contribution is 2.11. The van der Waals surface area contributed by atoms with Gasteiger partial charge >= 0.3 is 0 Å². The Hall–Kier alpha value is -0.900. The Bertz CT molecular complexity index is 364. The maximum absolute atomic E-state index is 5.79. The van der Waals surface area contributed by atoms with E-state index < -0.39 is 0 Å². The van der Waals surface area contributed by atoms with Gasteiger partial charge in [0.25, 0.3) is 0 Å². The molecule has 0 atom stereocenters. The monoisotopic (exact) mass is 278 g/mol. The molecule has 0 aliphatic heterocycles. The van der Waals surface area contributed by atoms with Crippen molar-refractivity contribution in [2.24, 2.45) is 0 Å². The first-order chi connectivity index (χ1) is 9.59. The molecule has 0 aromatic heterocycles. The standard InChI is InChI=1S/C17H30N2O/c1-15(2)18-11-10-16-8-5-6-9-17(16)14-20-13-7-12-19(3)4/h5-6,8-9,15,18H,7,10-14H2,1-4H3. The van der Waals surface area contributed by atoms with Crippen molar-refractivity contribution in [2.75, 3.05) is 33.8 Å². The van der Waals surface area contributed by atoms with Gasteiger partial charge in [0, 0.05) is 12.6 Å². The minimum atomic E-state index is 0.546. The highest BCUT2D eigenvalue weighted by atomic mass is 16.5. The smallest absolute Gasteiger partial charge is 0.0719 e. The number of benzene rings is 1. The van der Waals surface area contributed by atoms with E-state index in [0.29, 0.717) is 6.04 Å². The molecule has 0 bridgehead atoms. The molecular weight excluding hydrogens is 248 g/mol. The van der Waals surface area contributed by atoms with Gasteiger partial charge < -0.3 is 15.0 Å². The van der Waals surface area contributed by atoms with Crippen molar-refractivity contribution >= 4 is 0 Å². The largest absolute Gasteiger partial charge is 0.377 e. The van der Waals surface area contributed by atoms with Crippen molar-refractivity contribution in [3.8, 4) is 0 Å². The molecule has 0 unspecified atom stereocenters. The lowest BCUT2D eigenvalue weighted by Gasteiger charge is -2.13. The molecule has 0 heterocycles. The van der Waals surface area contributed by atoms with Gasteiger partial charge in [-0.3, -0.25) is 0 Å². The third-order valence-corrected chi connectivity index (χ3v) is 3.22. The summed E-state index contributed by atoms with van der Waals surface area (Å²) in [7, 11) is 4.19. The van der Waals surface area contributed by atoms with Crippen LogP contribution in [0.2, 0.25) is 0 Å². The molecule has 114 valence electrons. The van der Waals surface area contributed by atoms with Crippen LogP contribution in [0.25, 0.3) is 0 Å². The first-order valence-electron chi connectivity index (χ1n) is 7.62. The van der Waals surface area contributed by atoms with Crippen LogP contribution in [0.15, 0.2) is 24.3 Å². The van der Waals surface area contributed by atoms with Crippen LogP contribution in [0.4, 0.5) is 0 Å². The molecule has 1 N–H and O–H groups in total. The normalized spacial score (nSPS) is 11.5. The maximum Gasteiger partial charge on any atom is 0.0719 e. The molecule has 3 nitrogen and oxygen atoms in total. The lowest BCUT2D eigenvalue weighted by atomic mass is 10.1. The van der Waals surface area contributed by atoms with Gasteiger partial charge in [-0.25, -0.2) is 0 Å². The predicted molar refractivity (Wildman–Crippen MR) is 86.1 cm³/mol. The Morgan fingerprint density at radius 3 is 2.50 bits per heavy atom. The highest BCUT2D eigenvalue weighted by Gasteiger charge is 2.02. The number of hydrogen-bond donors (Lipinski definition) is 1. The summed E-state index contributed by atoms with van der Waals surface area (Å²) in [6.07, 6.45) is 2.15. The summed E-state index contributed by atoms with van der Waals surface area (Å²) >= 11 is 0. The lowest BCUT2D eigenvalue weighted by Crippen LogP contribution is -2.25. The molecule has 0 aliphatic carbocycles. The van der Waals surface area contributed by atoms with Gasteiger partial charge in [0.2, 0.25) is 0 Å². The molecule has 20 heavy (non-hydrogen) atoms. The number of nitrogens with zero attached hydrogens (tertiary/aromatic N) is 1. The van der Waals surface area contributed by atoms with Crippen LogP contribution in [-0.2, 0) is 17.8 Å². The van der Waals surface area contributed by atoms with E-state index >= 15 is 0 Å². The molecule has 0 spiro atoms. The van der Waals surface area contributed by atoms with E-state index in [2.05, 4.69) is 62.4 Å². The van der Waals surface area contributed by atoms with Crippen molar-refractivity contribution in [2.45, 2.75) is 39.3 Å². The number of hydrogen-bond acceptors (Lipinski definition) is 3. The van der Waals surface area contributed by atoms with Crippen molar-refractivity contribution in [3.63, 3.8) is 0 Å². The molecule has 0 saturated carbocycles. The van der Waals surface area contributed by atoms with Crippen LogP contribution in [0, 0.1) is 0 Å². The van der Waals surface area contributed by atoms with Gasteiger partial charge in [-0.2, -0.15) is 0 Å². The van der Waals surface area contributed by atoms with Crippen LogP contribution in [-0.4, -0.2) is 44.7 Å². The fraction of sp³-hybridized carbons (Fsp3) is 0.647. The van der Waals surface area contributed by atoms with Gasteiger partial charge in [0.1, 0.15) is 0 Å². The minimum Gasteiger partial charge on any atom is -0.377 e. The van der Waals surface area contributed by atoms with Crippen molar-refractivity contribution in [3.05, 3.63) is 35.4 Å². The van der Waals surface area contributed by atoms with Gasteiger partial charge in [0.05, 0.1) is 6.61 Å². The molecule has 3 heteroatoms. The average molecular weight is 278 g/mol. The summed E-state index contributed by atoms with van der Waals surface area (Å²) in [6.45, 7) is 8.02. The van der Waals surface area contributed by atoms with Crippen molar-refractivity contribution in [1.29, 1.82) is 0 Å². The second-order valence-electron chi connectivity index (χ2n) is 5.84. The number of nitrogens with one attached hydrogen (secondary N) is 1. The molecule has 0 saturated heterocycles. The van der Waals surface area contributed by atoms with Crippen molar-refractivity contribution < 1.29 is 4.74 Å². The number of ether oxygens (including phenoxy) is 1. The van der Waals surface area contributed by atoms with Crippen LogP contribution in [0.5, 0.6) is 0 Å². The summed E-state index contributed by atoms with van der Waals surface area (Å²) < 4.78 is 5.79. The third-order valence-electron chi connectivity index (χ3n) is 3.22. The Balaban J connectivity index is 2.33. The van der Waals surface area contributed by atoms with E-state index in [1.807, 2.05) is 0 Å². The second-order valence-corrected chi connectivity index (χ2v) is 5.84. The zero-order chi connectivity index (χ0) is 14.8. The van der Waals surface area contributed by atoms with E-state index in [0.717, 1.165) is 39.1 Å². The van der Waals surface area contributed by atoms with Gasteiger partial charge in [-0.1, -0.05) is 38.1 Å². The molecule has 1 rings (SSSR count). The van der Waals surface area contributed by atoms with E-state index in [-0.39, 0.29) is 0 Å². The van der Waals surface area contributed by atoms with Crippen LogP contribution < -0.4 is 5.32 Å². The summed E-state index contributed by atoms with van der Waals surface area (Å²) in [4.78, 5) is 2.19. The first-order valence-corrected chi connectivity index (χ1v) is 7.62. The topological polar surface area (TPSA) is 24.5 Å². The van der Waals surface area contributed by atoms with Gasteiger partial charge in [0.15, 0.2) is 0 Å². The Kier molecular flexibility index (Phi) is 8.51. The number of rotatable bonds is 10. The Morgan fingerprint density at radius 2 is 1.85 bits per heavy atom. The Labute approximate surface area is 124 Å². The van der Waals surface area contributed by atoms with Gasteiger partial charge in [-0.05, 0) is 51.2 Å². The van der Waals surface area contributed by atoms with Crippen LogP contribution in [0.1, 0.15) is 31.4 Å². The van der Waals surface area contributed by atoms with E-state index in [1.54, 1.807) is 0 Å². The quantitative estimate of drug-likeness (QED) is 0.666. The fourth-order valence-electron chi connectivity index (χ4n) is 2.10. The molecular formula is C17H30N2O. The van der Waals surface area contributed by atoms with E-state index in [9.17, 15) is 0 Å². The predicted octanol–water partition coefficient (Wildman–Crippen LogP) is 2.70.